The Balaban J connectivity index is 2.06. The normalized spacial score (nSPS) is 28.6. The van der Waals surface area contributed by atoms with E-state index in [-0.39, 0.29) is 17.0 Å². The Bertz CT molecular complexity index is 402. The Kier molecular flexibility index (Phi) is 5.53. The molecular weight excluding hydrogens is 284 g/mol. The van der Waals surface area contributed by atoms with Gasteiger partial charge in [0.05, 0.1) is 5.41 Å². The van der Waals surface area contributed by atoms with Crippen LogP contribution < -0.4 is 0 Å². The first-order valence-electron chi connectivity index (χ1n) is 9.84. The molecule has 2 nitrogen and oxygen atoms in total. The molecule has 0 aliphatic heterocycles. The molecule has 0 atom stereocenters. The monoisotopic (exact) mass is 322 g/mol. The highest BCUT2D eigenvalue weighted by Gasteiger charge is 2.48. The van der Waals surface area contributed by atoms with E-state index in [0.29, 0.717) is 11.3 Å². The second-order valence-corrected chi connectivity index (χ2v) is 9.81. The minimum atomic E-state index is -0.349. The van der Waals surface area contributed by atoms with Gasteiger partial charge in [0.2, 0.25) is 0 Å². The average Bonchev–Trinajstić information content (AvgIpc) is 2.96. The van der Waals surface area contributed by atoms with E-state index in [0.717, 1.165) is 25.2 Å². The maximum atomic E-state index is 12.7. The van der Waals surface area contributed by atoms with Crippen molar-refractivity contribution < 1.29 is 9.53 Å². The summed E-state index contributed by atoms with van der Waals surface area (Å²) in [6, 6.07) is 0. The number of rotatable bonds is 4. The average molecular weight is 323 g/mol. The Labute approximate surface area is 143 Å². The van der Waals surface area contributed by atoms with Gasteiger partial charge in [-0.1, -0.05) is 27.7 Å². The second-order valence-electron chi connectivity index (χ2n) is 9.81. The minimum Gasteiger partial charge on any atom is -0.458 e. The minimum absolute atomic E-state index is 0.0276. The Hall–Kier alpha value is -0.530. The lowest BCUT2D eigenvalue weighted by Crippen LogP contribution is -2.45. The molecule has 0 unspecified atom stereocenters. The first-order valence-corrected chi connectivity index (χ1v) is 9.84. The van der Waals surface area contributed by atoms with Crippen LogP contribution in [0.4, 0.5) is 0 Å². The van der Waals surface area contributed by atoms with Crippen LogP contribution in [0.1, 0.15) is 99.3 Å². The van der Waals surface area contributed by atoms with Gasteiger partial charge in [-0.2, -0.15) is 0 Å². The van der Waals surface area contributed by atoms with Gasteiger partial charge in [-0.25, -0.2) is 0 Å². The van der Waals surface area contributed by atoms with Crippen molar-refractivity contribution in [3.05, 3.63) is 0 Å². The summed E-state index contributed by atoms with van der Waals surface area (Å²) >= 11 is 0. The molecular formula is C21H38O2. The SMILES string of the molecule is CCC(C)(C)C(=O)OC1(C2CCC(C(C)(C)C)CC2)CCCC1. The lowest BCUT2D eigenvalue weighted by molar-refractivity contribution is -0.179. The Morgan fingerprint density at radius 3 is 1.96 bits per heavy atom. The molecule has 23 heavy (non-hydrogen) atoms. The summed E-state index contributed by atoms with van der Waals surface area (Å²) in [4.78, 5) is 12.7. The van der Waals surface area contributed by atoms with Crippen LogP contribution in [0, 0.1) is 22.7 Å². The third-order valence-electron chi connectivity index (χ3n) is 6.88. The fraction of sp³-hybridized carbons (Fsp3) is 0.952. The fourth-order valence-corrected chi connectivity index (χ4v) is 4.52. The van der Waals surface area contributed by atoms with Crippen molar-refractivity contribution in [2.75, 3.05) is 0 Å². The van der Waals surface area contributed by atoms with Gasteiger partial charge in [-0.3, -0.25) is 4.79 Å². The molecule has 0 aromatic rings. The summed E-state index contributed by atoms with van der Waals surface area (Å²) in [5, 5.41) is 0. The van der Waals surface area contributed by atoms with Crippen molar-refractivity contribution >= 4 is 5.97 Å². The van der Waals surface area contributed by atoms with E-state index in [1.54, 1.807) is 0 Å². The van der Waals surface area contributed by atoms with Gasteiger partial charge in [-0.15, -0.1) is 0 Å². The molecule has 0 spiro atoms. The molecule has 134 valence electrons. The first-order chi connectivity index (χ1) is 10.6. The predicted octanol–water partition coefficient (Wildman–Crippen LogP) is 6.13. The summed E-state index contributed by atoms with van der Waals surface area (Å²) in [5.41, 5.74) is -0.0841. The van der Waals surface area contributed by atoms with Gasteiger partial charge < -0.3 is 4.74 Å². The van der Waals surface area contributed by atoms with E-state index in [2.05, 4.69) is 27.7 Å². The zero-order valence-electron chi connectivity index (χ0n) is 16.3. The van der Waals surface area contributed by atoms with Gasteiger partial charge in [0.15, 0.2) is 0 Å². The van der Waals surface area contributed by atoms with Crippen LogP contribution in [-0.4, -0.2) is 11.6 Å². The van der Waals surface area contributed by atoms with E-state index >= 15 is 0 Å². The molecule has 0 heterocycles. The molecule has 0 aromatic carbocycles. The van der Waals surface area contributed by atoms with Crippen LogP contribution >= 0.6 is 0 Å². The zero-order valence-corrected chi connectivity index (χ0v) is 16.3. The molecule has 2 rings (SSSR count). The summed E-state index contributed by atoms with van der Waals surface area (Å²) in [5.74, 6) is 1.43. The summed E-state index contributed by atoms with van der Waals surface area (Å²) < 4.78 is 6.28. The number of ether oxygens (including phenoxy) is 1. The summed E-state index contributed by atoms with van der Waals surface area (Å²) in [7, 11) is 0. The van der Waals surface area contributed by atoms with Crippen molar-refractivity contribution in [1.82, 2.24) is 0 Å². The molecule has 0 amide bonds. The third-order valence-corrected chi connectivity index (χ3v) is 6.88. The molecule has 0 bridgehead atoms. The van der Waals surface area contributed by atoms with E-state index in [9.17, 15) is 4.79 Å². The maximum Gasteiger partial charge on any atom is 0.312 e. The van der Waals surface area contributed by atoms with Crippen LogP contribution in [0.15, 0.2) is 0 Å². The van der Waals surface area contributed by atoms with Crippen LogP contribution in [0.5, 0.6) is 0 Å². The Morgan fingerprint density at radius 2 is 1.52 bits per heavy atom. The number of hydrogen-bond acceptors (Lipinski definition) is 2. The molecule has 0 N–H and O–H groups in total. The van der Waals surface area contributed by atoms with Crippen molar-refractivity contribution in [3.63, 3.8) is 0 Å². The van der Waals surface area contributed by atoms with Gasteiger partial charge in [0.25, 0.3) is 0 Å². The van der Waals surface area contributed by atoms with Gasteiger partial charge in [-0.05, 0) is 88.9 Å². The molecule has 0 radical (unpaired) electrons. The molecule has 2 aliphatic carbocycles. The highest BCUT2D eigenvalue weighted by molar-refractivity contribution is 5.76. The van der Waals surface area contributed by atoms with E-state index in [1.807, 2.05) is 13.8 Å². The Morgan fingerprint density at radius 1 is 1.00 bits per heavy atom. The van der Waals surface area contributed by atoms with Crippen molar-refractivity contribution in [2.24, 2.45) is 22.7 Å². The van der Waals surface area contributed by atoms with E-state index in [4.69, 9.17) is 4.74 Å². The fourth-order valence-electron chi connectivity index (χ4n) is 4.52. The number of hydrogen-bond donors (Lipinski definition) is 0. The molecule has 0 aromatic heterocycles. The first kappa shape index (κ1) is 18.8. The molecule has 2 saturated carbocycles. The zero-order chi connectivity index (χ0) is 17.3. The van der Waals surface area contributed by atoms with E-state index in [1.165, 1.54) is 38.5 Å². The van der Waals surface area contributed by atoms with Gasteiger partial charge >= 0.3 is 5.97 Å². The second kappa shape index (κ2) is 6.76. The van der Waals surface area contributed by atoms with Crippen molar-refractivity contribution in [3.8, 4) is 0 Å². The smallest absolute Gasteiger partial charge is 0.312 e. The lowest BCUT2D eigenvalue weighted by Gasteiger charge is -2.44. The summed E-state index contributed by atoms with van der Waals surface area (Å²) in [6.07, 6.45) is 10.5. The number of esters is 1. The standard InChI is InChI=1S/C21H38O2/c1-7-20(5,6)18(22)23-21(14-8-9-15-21)17-12-10-16(11-13-17)19(2,3)4/h16-17H,7-15H2,1-6H3. The molecule has 0 saturated heterocycles. The molecule has 2 aliphatic rings. The molecule has 2 heteroatoms. The number of carbonyl (C=O) groups excluding carboxylic acids is 1. The van der Waals surface area contributed by atoms with Crippen molar-refractivity contribution in [1.29, 1.82) is 0 Å². The molecule has 2 fully saturated rings. The van der Waals surface area contributed by atoms with Gasteiger partial charge in [0.1, 0.15) is 5.60 Å². The van der Waals surface area contributed by atoms with Crippen LogP contribution in [0.3, 0.4) is 0 Å². The maximum absolute atomic E-state index is 12.7. The summed E-state index contributed by atoms with van der Waals surface area (Å²) in [6.45, 7) is 13.2. The number of carbonyl (C=O) groups is 1. The lowest BCUT2D eigenvalue weighted by atomic mass is 9.66. The third kappa shape index (κ3) is 4.12. The van der Waals surface area contributed by atoms with Gasteiger partial charge in [0, 0.05) is 0 Å². The van der Waals surface area contributed by atoms with E-state index < -0.39 is 0 Å². The topological polar surface area (TPSA) is 26.3 Å². The van der Waals surface area contributed by atoms with Crippen molar-refractivity contribution in [2.45, 2.75) is 105 Å². The highest BCUT2D eigenvalue weighted by Crippen LogP contribution is 2.49. The predicted molar refractivity (Wildman–Crippen MR) is 96.3 cm³/mol. The largest absolute Gasteiger partial charge is 0.458 e. The van der Waals surface area contributed by atoms with Crippen LogP contribution in [0.25, 0.3) is 0 Å². The highest BCUT2D eigenvalue weighted by atomic mass is 16.6. The van der Waals surface area contributed by atoms with Crippen LogP contribution in [-0.2, 0) is 9.53 Å². The quantitative estimate of drug-likeness (QED) is 0.582. The van der Waals surface area contributed by atoms with Crippen LogP contribution in [0.2, 0.25) is 0 Å².